The van der Waals surface area contributed by atoms with Crippen molar-refractivity contribution in [1.82, 2.24) is 19.9 Å². The lowest BCUT2D eigenvalue weighted by atomic mass is 10.2. The summed E-state index contributed by atoms with van der Waals surface area (Å²) in [6.07, 6.45) is 4.87. The minimum Gasteiger partial charge on any atom is -0.326 e. The topological polar surface area (TPSA) is 63.1 Å². The van der Waals surface area contributed by atoms with Crippen molar-refractivity contribution in [2.24, 2.45) is 13.0 Å². The molecule has 2 aliphatic heterocycles. The van der Waals surface area contributed by atoms with Crippen molar-refractivity contribution in [3.8, 4) is 11.3 Å². The van der Waals surface area contributed by atoms with Gasteiger partial charge in [-0.2, -0.15) is 0 Å². The highest BCUT2D eigenvalue weighted by Gasteiger charge is 2.39. The van der Waals surface area contributed by atoms with E-state index in [1.54, 1.807) is 30.1 Å². The molecule has 6 heteroatoms. The fourth-order valence-electron chi connectivity index (χ4n) is 3.24. The monoisotopic (exact) mass is 283 g/mol. The van der Waals surface area contributed by atoms with Gasteiger partial charge in [0.05, 0.1) is 11.9 Å². The van der Waals surface area contributed by atoms with Crippen LogP contribution in [-0.4, -0.2) is 33.8 Å². The summed E-state index contributed by atoms with van der Waals surface area (Å²) < 4.78 is 1.63. The van der Waals surface area contributed by atoms with Crippen LogP contribution < -0.4 is 15.8 Å². The largest absolute Gasteiger partial charge is 0.326 e. The highest BCUT2D eigenvalue weighted by Crippen LogP contribution is 2.30. The van der Waals surface area contributed by atoms with E-state index >= 15 is 0 Å². The Morgan fingerprint density at radius 2 is 2.14 bits per heavy atom. The predicted molar refractivity (Wildman–Crippen MR) is 80.0 cm³/mol. The molecular weight excluding hydrogens is 266 g/mol. The van der Waals surface area contributed by atoms with Gasteiger partial charge in [-0.3, -0.25) is 19.7 Å². The van der Waals surface area contributed by atoms with Crippen LogP contribution in [0, 0.1) is 5.92 Å². The van der Waals surface area contributed by atoms with Crippen LogP contribution in [0.25, 0.3) is 11.3 Å². The van der Waals surface area contributed by atoms with Gasteiger partial charge in [-0.25, -0.2) is 4.98 Å². The van der Waals surface area contributed by atoms with Gasteiger partial charge >= 0.3 is 0 Å². The van der Waals surface area contributed by atoms with E-state index < -0.39 is 0 Å². The number of anilines is 1. The van der Waals surface area contributed by atoms with Gasteiger partial charge in [0.2, 0.25) is 5.95 Å². The van der Waals surface area contributed by atoms with Gasteiger partial charge in [-0.05, 0) is 24.5 Å². The minimum absolute atomic E-state index is 0.0328. The number of nitrogens with one attached hydrogen (secondary N) is 1. The highest BCUT2D eigenvalue weighted by molar-refractivity contribution is 5.59. The molecule has 1 unspecified atom stereocenters. The Labute approximate surface area is 122 Å². The van der Waals surface area contributed by atoms with Crippen LogP contribution >= 0.6 is 0 Å². The second-order valence-corrected chi connectivity index (χ2v) is 5.75. The molecule has 108 valence electrons. The van der Waals surface area contributed by atoms with Crippen molar-refractivity contribution in [3.05, 3.63) is 40.9 Å². The first-order valence-corrected chi connectivity index (χ1v) is 7.21. The summed E-state index contributed by atoms with van der Waals surface area (Å²) >= 11 is 0. The maximum absolute atomic E-state index is 12.3. The molecule has 2 saturated heterocycles. The van der Waals surface area contributed by atoms with Crippen LogP contribution in [0.2, 0.25) is 0 Å². The number of fused-ring (bicyclic) bond motifs is 2. The molecule has 4 heterocycles. The number of hydrogen-bond acceptors (Lipinski definition) is 5. The van der Waals surface area contributed by atoms with Gasteiger partial charge in [-0.15, -0.1) is 0 Å². The quantitative estimate of drug-likeness (QED) is 0.874. The third-order valence-electron chi connectivity index (χ3n) is 4.37. The minimum atomic E-state index is -0.0328. The Morgan fingerprint density at radius 3 is 2.81 bits per heavy atom. The number of aromatic nitrogens is 3. The molecule has 4 rings (SSSR count). The molecular formula is C15H17N5O. The standard InChI is InChI=1S/C15H17N5O/c1-19-14(21)7-12(11-2-4-16-5-3-11)18-15(19)20-9-10-6-13(20)17-8-10/h2-5,7,10,13,17H,6,8-9H2,1H3/t10?,13-/m0/s1. The zero-order valence-corrected chi connectivity index (χ0v) is 11.9. The predicted octanol–water partition coefficient (Wildman–Crippen LogP) is 0.598. The van der Waals surface area contributed by atoms with Crippen LogP contribution in [0.3, 0.4) is 0 Å². The molecule has 0 saturated carbocycles. The second-order valence-electron chi connectivity index (χ2n) is 5.75. The molecule has 0 spiro atoms. The SMILES string of the molecule is Cn1c(N2CC3CN[C@@H]2C3)nc(-c2ccncc2)cc1=O. The first-order valence-electron chi connectivity index (χ1n) is 7.21. The van der Waals surface area contributed by atoms with Gasteiger partial charge < -0.3 is 4.90 Å². The Kier molecular flexibility index (Phi) is 2.78. The summed E-state index contributed by atoms with van der Waals surface area (Å²) in [4.78, 5) is 23.2. The van der Waals surface area contributed by atoms with Crippen LogP contribution in [0.4, 0.5) is 5.95 Å². The lowest BCUT2D eigenvalue weighted by molar-refractivity contribution is 0.521. The first kappa shape index (κ1) is 12.5. The van der Waals surface area contributed by atoms with Crippen LogP contribution in [0.15, 0.2) is 35.4 Å². The van der Waals surface area contributed by atoms with E-state index in [0.29, 0.717) is 17.8 Å². The summed E-state index contributed by atoms with van der Waals surface area (Å²) in [6.45, 7) is 2.04. The van der Waals surface area contributed by atoms with Crippen molar-refractivity contribution in [3.63, 3.8) is 0 Å². The molecule has 21 heavy (non-hydrogen) atoms. The number of hydrogen-bond donors (Lipinski definition) is 1. The van der Waals surface area contributed by atoms with E-state index in [1.807, 2.05) is 12.1 Å². The molecule has 2 aromatic rings. The Morgan fingerprint density at radius 1 is 1.33 bits per heavy atom. The average molecular weight is 283 g/mol. The Balaban J connectivity index is 1.80. The lowest BCUT2D eigenvalue weighted by Gasteiger charge is -2.30. The van der Waals surface area contributed by atoms with E-state index in [4.69, 9.17) is 4.98 Å². The second kappa shape index (κ2) is 4.66. The molecule has 0 amide bonds. The fraction of sp³-hybridized carbons (Fsp3) is 0.400. The van der Waals surface area contributed by atoms with Crippen molar-refractivity contribution >= 4 is 5.95 Å². The van der Waals surface area contributed by atoms with Crippen molar-refractivity contribution in [2.45, 2.75) is 12.6 Å². The molecule has 2 atom stereocenters. The summed E-state index contributed by atoms with van der Waals surface area (Å²) in [5.74, 6) is 1.41. The molecule has 0 radical (unpaired) electrons. The van der Waals surface area contributed by atoms with E-state index in [2.05, 4.69) is 15.2 Å². The number of rotatable bonds is 2. The third kappa shape index (κ3) is 2.03. The average Bonchev–Trinajstić information content (AvgIpc) is 3.13. The number of pyridine rings is 1. The molecule has 2 bridgehead atoms. The van der Waals surface area contributed by atoms with Crippen molar-refractivity contribution < 1.29 is 0 Å². The van der Waals surface area contributed by atoms with Gasteiger partial charge in [0, 0.05) is 44.2 Å². The molecule has 6 nitrogen and oxygen atoms in total. The molecule has 2 aliphatic rings. The highest BCUT2D eigenvalue weighted by atomic mass is 16.1. The van der Waals surface area contributed by atoms with Gasteiger partial charge in [0.15, 0.2) is 0 Å². The van der Waals surface area contributed by atoms with E-state index in [1.165, 1.54) is 0 Å². The van der Waals surface area contributed by atoms with Crippen LogP contribution in [-0.2, 0) is 7.05 Å². The maximum Gasteiger partial charge on any atom is 0.255 e. The summed E-state index contributed by atoms with van der Waals surface area (Å²) in [5.41, 5.74) is 1.59. The van der Waals surface area contributed by atoms with Crippen molar-refractivity contribution in [2.75, 3.05) is 18.0 Å². The molecule has 2 aromatic heterocycles. The Bertz CT molecular complexity index is 727. The molecule has 2 fully saturated rings. The smallest absolute Gasteiger partial charge is 0.255 e. The number of nitrogens with zero attached hydrogens (tertiary/aromatic N) is 4. The van der Waals surface area contributed by atoms with Crippen LogP contribution in [0.5, 0.6) is 0 Å². The van der Waals surface area contributed by atoms with Crippen LogP contribution in [0.1, 0.15) is 6.42 Å². The zero-order chi connectivity index (χ0) is 14.4. The van der Waals surface area contributed by atoms with E-state index in [0.717, 1.165) is 31.0 Å². The zero-order valence-electron chi connectivity index (χ0n) is 11.9. The summed E-state index contributed by atoms with van der Waals surface area (Å²) in [7, 11) is 1.78. The lowest BCUT2D eigenvalue weighted by Crippen LogP contribution is -2.46. The molecule has 0 aliphatic carbocycles. The fourth-order valence-corrected chi connectivity index (χ4v) is 3.24. The van der Waals surface area contributed by atoms with E-state index in [9.17, 15) is 4.79 Å². The molecule has 0 aromatic carbocycles. The summed E-state index contributed by atoms with van der Waals surface area (Å²) in [6, 6.07) is 5.33. The summed E-state index contributed by atoms with van der Waals surface area (Å²) in [5, 5.41) is 3.47. The van der Waals surface area contributed by atoms with Gasteiger partial charge in [0.1, 0.15) is 0 Å². The van der Waals surface area contributed by atoms with Gasteiger partial charge in [0.25, 0.3) is 5.56 Å². The van der Waals surface area contributed by atoms with Gasteiger partial charge in [-0.1, -0.05) is 0 Å². The Hall–Kier alpha value is -2.21. The third-order valence-corrected chi connectivity index (χ3v) is 4.37. The van der Waals surface area contributed by atoms with Crippen molar-refractivity contribution in [1.29, 1.82) is 0 Å². The maximum atomic E-state index is 12.3. The normalized spacial score (nSPS) is 23.8. The molecule has 1 N–H and O–H groups in total. The first-order chi connectivity index (χ1) is 10.2. The van der Waals surface area contributed by atoms with E-state index in [-0.39, 0.29) is 5.56 Å².